The summed E-state index contributed by atoms with van der Waals surface area (Å²) in [5.74, 6) is -0.755. The Balaban J connectivity index is 0. The van der Waals surface area contributed by atoms with Gasteiger partial charge in [0.25, 0.3) is 0 Å². The summed E-state index contributed by atoms with van der Waals surface area (Å²) in [5.41, 5.74) is 0.947. The Hall–Kier alpha value is -1.75. The van der Waals surface area contributed by atoms with Crippen LogP contribution in [0.25, 0.3) is 0 Å². The average Bonchev–Trinajstić information content (AvgIpc) is 2.68. The van der Waals surface area contributed by atoms with Gasteiger partial charge >= 0.3 is 5.97 Å². The summed E-state index contributed by atoms with van der Waals surface area (Å²) in [5, 5.41) is 2.74. The lowest BCUT2D eigenvalue weighted by Crippen LogP contribution is -2.43. The molecule has 10 heteroatoms. The van der Waals surface area contributed by atoms with E-state index in [1.54, 1.807) is 13.8 Å². The topological polar surface area (TPSA) is 113 Å². The molecular weight excluding hydrogens is 458 g/mol. The zero-order valence-corrected chi connectivity index (χ0v) is 23.3. The molecule has 0 aliphatic rings. The van der Waals surface area contributed by atoms with Crippen LogP contribution in [0.2, 0.25) is 0 Å². The Kier molecular flexibility index (Phi) is 17.0. The molecule has 0 bridgehead atoms. The lowest BCUT2D eigenvalue weighted by molar-refractivity contribution is -0.890. The lowest BCUT2D eigenvalue weighted by Gasteiger charge is -2.30. The van der Waals surface area contributed by atoms with Gasteiger partial charge in [-0.3, -0.25) is 4.79 Å². The van der Waals surface area contributed by atoms with Crippen molar-refractivity contribution in [2.75, 3.05) is 73.3 Å². The van der Waals surface area contributed by atoms with Crippen LogP contribution >= 0.6 is 0 Å². The number of carbonyl (C=O) groups is 2. The van der Waals surface area contributed by atoms with Gasteiger partial charge in [0, 0.05) is 36.3 Å². The van der Waals surface area contributed by atoms with Crippen LogP contribution in [0.4, 0.5) is 0 Å². The van der Waals surface area contributed by atoms with Gasteiger partial charge in [-0.05, 0) is 20.3 Å². The van der Waals surface area contributed by atoms with E-state index in [-0.39, 0.29) is 17.6 Å². The van der Waals surface area contributed by atoms with Crippen LogP contribution in [0, 0.1) is 0 Å². The molecule has 0 fully saturated rings. The second kappa shape index (κ2) is 16.8. The molecule has 0 radical (unpaired) electrons. The molecule has 34 heavy (non-hydrogen) atoms. The van der Waals surface area contributed by atoms with E-state index < -0.39 is 10.1 Å². The van der Waals surface area contributed by atoms with Gasteiger partial charge in [0.1, 0.15) is 13.2 Å². The van der Waals surface area contributed by atoms with Gasteiger partial charge in [-0.1, -0.05) is 26.5 Å². The zero-order chi connectivity index (χ0) is 27.0. The molecule has 0 aliphatic carbocycles. The van der Waals surface area contributed by atoms with Crippen molar-refractivity contribution in [3.63, 3.8) is 0 Å². The molecule has 9 nitrogen and oxygen atoms in total. The quantitative estimate of drug-likeness (QED) is 0.113. The smallest absolute Gasteiger partial charge is 0.333 e. The molecule has 0 aliphatic heterocycles. The van der Waals surface area contributed by atoms with Gasteiger partial charge in [0.2, 0.25) is 5.91 Å². The molecule has 0 aromatic heterocycles. The number of carbonyl (C=O) groups excluding carboxylic acids is 2. The number of ether oxygens (including phenoxy) is 1. The van der Waals surface area contributed by atoms with Crippen LogP contribution in [0.15, 0.2) is 24.3 Å². The summed E-state index contributed by atoms with van der Waals surface area (Å²) in [6.45, 7) is 17.0. The normalized spacial score (nSPS) is 11.8. The number of nitrogens with zero attached hydrogens (tertiary/aromatic N) is 2. The molecule has 200 valence electrons. The first-order valence-corrected chi connectivity index (χ1v) is 13.3. The van der Waals surface area contributed by atoms with Crippen molar-refractivity contribution >= 4 is 22.0 Å². The van der Waals surface area contributed by atoms with E-state index >= 15 is 0 Å². The number of esters is 1. The molecule has 0 heterocycles. The van der Waals surface area contributed by atoms with E-state index in [1.807, 2.05) is 14.1 Å². The first-order chi connectivity index (χ1) is 15.4. The first-order valence-electron chi connectivity index (χ1n) is 11.8. The van der Waals surface area contributed by atoms with E-state index in [0.717, 1.165) is 30.5 Å². The third kappa shape index (κ3) is 22.1. The molecule has 0 atom stereocenters. The Morgan fingerprint density at radius 1 is 0.882 bits per heavy atom. The number of likely N-dealkylation sites (N-methyl/N-ethyl adjacent to an activating group) is 1. The Labute approximate surface area is 207 Å². The molecule has 0 saturated heterocycles. The summed E-state index contributed by atoms with van der Waals surface area (Å²) in [7, 11) is 4.14. The van der Waals surface area contributed by atoms with Crippen LogP contribution in [-0.4, -0.2) is 107 Å². The number of nitrogens with one attached hydrogen (secondary N) is 1. The highest BCUT2D eigenvalue weighted by atomic mass is 32.2. The minimum atomic E-state index is -4.12. The number of hydrogen-bond acceptors (Lipinski definition) is 6. The SMILES string of the molecule is C=C(C)C(=O)NCCC[N+](C)(C)CCCS(=O)(=O)[O-].C=C(C)C(=O)OCC[N+](C)(C)CCCC. The highest BCUT2D eigenvalue weighted by Gasteiger charge is 2.16. The molecule has 1 N–H and O–H groups in total. The standard InChI is InChI=1S/C12H24N2O4S.C12H24NO2/c1-11(2)12(15)13-7-5-8-14(3,4)9-6-10-19(16,17)18;1-6-7-8-13(4,5)9-10-15-12(14)11(2)3/h1,5-10H2,2-4H3,(H-,13,15,16,17,18);2,6-10H2,1,3-5H3/q;+1. The van der Waals surface area contributed by atoms with Gasteiger partial charge in [0.05, 0.1) is 57.9 Å². The van der Waals surface area contributed by atoms with Gasteiger partial charge in [-0.2, -0.15) is 0 Å². The number of amides is 1. The molecule has 0 saturated carbocycles. The highest BCUT2D eigenvalue weighted by Crippen LogP contribution is 2.03. The maximum Gasteiger partial charge on any atom is 0.333 e. The van der Waals surface area contributed by atoms with Gasteiger partial charge < -0.3 is 23.6 Å². The van der Waals surface area contributed by atoms with Crippen molar-refractivity contribution in [1.29, 1.82) is 0 Å². The zero-order valence-electron chi connectivity index (χ0n) is 22.4. The fourth-order valence-corrected chi connectivity index (χ4v) is 3.33. The van der Waals surface area contributed by atoms with Crippen LogP contribution < -0.4 is 5.32 Å². The van der Waals surface area contributed by atoms with Crippen molar-refractivity contribution in [2.24, 2.45) is 0 Å². The summed E-state index contributed by atoms with van der Waals surface area (Å²) in [4.78, 5) is 22.3. The minimum Gasteiger partial charge on any atom is -0.748 e. The monoisotopic (exact) mass is 506 g/mol. The van der Waals surface area contributed by atoms with Crippen molar-refractivity contribution in [3.05, 3.63) is 24.3 Å². The highest BCUT2D eigenvalue weighted by molar-refractivity contribution is 7.85. The average molecular weight is 507 g/mol. The molecule has 0 rings (SSSR count). The van der Waals surface area contributed by atoms with E-state index in [0.29, 0.717) is 41.7 Å². The number of unbranched alkanes of at least 4 members (excludes halogenated alkanes) is 1. The number of quaternary nitrogens is 2. The predicted octanol–water partition coefficient (Wildman–Crippen LogP) is 2.06. The molecule has 0 aromatic carbocycles. The van der Waals surface area contributed by atoms with Crippen LogP contribution in [0.3, 0.4) is 0 Å². The maximum atomic E-state index is 11.2. The fraction of sp³-hybridized carbons (Fsp3) is 0.750. The van der Waals surface area contributed by atoms with Crippen molar-refractivity contribution < 1.29 is 36.3 Å². The lowest BCUT2D eigenvalue weighted by atomic mass is 10.3. The third-order valence-electron chi connectivity index (χ3n) is 5.17. The van der Waals surface area contributed by atoms with Crippen molar-refractivity contribution in [2.45, 2.75) is 46.5 Å². The Morgan fingerprint density at radius 2 is 1.38 bits per heavy atom. The number of rotatable bonds is 16. The largest absolute Gasteiger partial charge is 0.748 e. The summed E-state index contributed by atoms with van der Waals surface area (Å²) in [6, 6.07) is 0. The Morgan fingerprint density at radius 3 is 1.85 bits per heavy atom. The van der Waals surface area contributed by atoms with Gasteiger partial charge in [-0.15, -0.1) is 0 Å². The van der Waals surface area contributed by atoms with Gasteiger partial charge in [0.15, 0.2) is 0 Å². The second-order valence-electron chi connectivity index (χ2n) is 10.0. The first kappa shape index (κ1) is 34.4. The molecule has 1 amide bonds. The van der Waals surface area contributed by atoms with Crippen molar-refractivity contribution in [3.8, 4) is 0 Å². The van der Waals surface area contributed by atoms with Crippen LogP contribution in [0.1, 0.15) is 46.5 Å². The summed E-state index contributed by atoms with van der Waals surface area (Å²) in [6.07, 6.45) is 3.56. The predicted molar refractivity (Wildman–Crippen MR) is 136 cm³/mol. The van der Waals surface area contributed by atoms with Crippen LogP contribution in [0.5, 0.6) is 0 Å². The van der Waals surface area contributed by atoms with E-state index in [2.05, 4.69) is 39.5 Å². The molecule has 0 unspecified atom stereocenters. The van der Waals surface area contributed by atoms with E-state index in [9.17, 15) is 22.6 Å². The summed E-state index contributed by atoms with van der Waals surface area (Å²) >= 11 is 0. The molecular formula is C24H48N3O6S+. The van der Waals surface area contributed by atoms with Crippen molar-refractivity contribution in [1.82, 2.24) is 5.32 Å². The number of hydrogen-bond donors (Lipinski definition) is 1. The fourth-order valence-electron chi connectivity index (χ4n) is 2.85. The van der Waals surface area contributed by atoms with E-state index in [1.165, 1.54) is 12.8 Å². The molecule has 0 aromatic rings. The molecule has 0 spiro atoms. The van der Waals surface area contributed by atoms with E-state index in [4.69, 9.17) is 4.74 Å². The van der Waals surface area contributed by atoms with Crippen LogP contribution in [-0.2, 0) is 24.4 Å². The Bertz CT molecular complexity index is 761. The second-order valence-corrected chi connectivity index (χ2v) is 11.6. The third-order valence-corrected chi connectivity index (χ3v) is 5.96. The maximum absolute atomic E-state index is 11.2. The minimum absolute atomic E-state index is 0.150. The summed E-state index contributed by atoms with van der Waals surface area (Å²) < 4.78 is 38.1. The van der Waals surface area contributed by atoms with Gasteiger partial charge in [-0.25, -0.2) is 13.2 Å².